The Bertz CT molecular complexity index is 387. The second-order valence-corrected chi connectivity index (χ2v) is 3.65. The number of thioether (sulfide) groups is 1. The van der Waals surface area contributed by atoms with Crippen LogP contribution < -0.4 is 0 Å². The van der Waals surface area contributed by atoms with Crippen molar-refractivity contribution in [1.29, 1.82) is 0 Å². The molecule has 0 unspecified atom stereocenters. The molecule has 13 heavy (non-hydrogen) atoms. The number of carbonyl (C=O) groups is 1. The van der Waals surface area contributed by atoms with Crippen molar-refractivity contribution < 1.29 is 9.90 Å². The Morgan fingerprint density at radius 1 is 1.62 bits per heavy atom. The molecule has 0 aliphatic carbocycles. The highest BCUT2D eigenvalue weighted by atomic mass is 32.2. The summed E-state index contributed by atoms with van der Waals surface area (Å²) < 4.78 is 0. The number of hydrogen-bond acceptors (Lipinski definition) is 3. The van der Waals surface area contributed by atoms with Crippen LogP contribution in [0.25, 0.3) is 6.08 Å². The van der Waals surface area contributed by atoms with E-state index in [4.69, 9.17) is 5.11 Å². The molecule has 0 saturated heterocycles. The van der Waals surface area contributed by atoms with Crippen LogP contribution in [0.3, 0.4) is 0 Å². The molecule has 0 saturated carbocycles. The van der Waals surface area contributed by atoms with Crippen LogP contribution in [0, 0.1) is 0 Å². The number of carboxylic acids is 1. The first kappa shape index (κ1) is 8.31. The van der Waals surface area contributed by atoms with Gasteiger partial charge in [0.25, 0.3) is 0 Å². The van der Waals surface area contributed by atoms with E-state index in [1.807, 2.05) is 12.2 Å². The van der Waals surface area contributed by atoms with Gasteiger partial charge in [0.2, 0.25) is 0 Å². The standard InChI is InChI=1S/C9H7NO2S/c11-9(12)7-4-6-2-1-3-13-8(6)10-5-7/h1-2,4-5H,3H2,(H,11,12). The van der Waals surface area contributed by atoms with Gasteiger partial charge in [0.1, 0.15) is 5.03 Å². The SMILES string of the molecule is O=C(O)c1cnc2c(c1)C=CCS2. The van der Waals surface area contributed by atoms with Crippen LogP contribution in [0.15, 0.2) is 23.4 Å². The second kappa shape index (κ2) is 3.22. The van der Waals surface area contributed by atoms with Gasteiger partial charge in [-0.15, -0.1) is 11.8 Å². The van der Waals surface area contributed by atoms with Crippen molar-refractivity contribution in [2.24, 2.45) is 0 Å². The van der Waals surface area contributed by atoms with Crippen LogP contribution in [0.2, 0.25) is 0 Å². The summed E-state index contributed by atoms with van der Waals surface area (Å²) >= 11 is 1.62. The van der Waals surface area contributed by atoms with Gasteiger partial charge in [0.15, 0.2) is 0 Å². The van der Waals surface area contributed by atoms with Gasteiger partial charge in [0, 0.05) is 17.5 Å². The molecule has 1 aromatic heterocycles. The third kappa shape index (κ3) is 1.58. The van der Waals surface area contributed by atoms with Crippen LogP contribution in [0.4, 0.5) is 0 Å². The summed E-state index contributed by atoms with van der Waals surface area (Å²) in [5, 5.41) is 9.63. The van der Waals surface area contributed by atoms with Gasteiger partial charge < -0.3 is 5.11 Å². The van der Waals surface area contributed by atoms with E-state index in [2.05, 4.69) is 4.98 Å². The summed E-state index contributed by atoms with van der Waals surface area (Å²) in [5.74, 6) is -0.0221. The molecule has 1 aliphatic heterocycles. The van der Waals surface area contributed by atoms with Gasteiger partial charge in [-0.05, 0) is 6.07 Å². The first-order valence-corrected chi connectivity index (χ1v) is 4.78. The molecule has 1 N–H and O–H groups in total. The van der Waals surface area contributed by atoms with Crippen molar-refractivity contribution in [3.05, 3.63) is 29.5 Å². The Kier molecular flexibility index (Phi) is 2.06. The molecule has 0 radical (unpaired) electrons. The Hall–Kier alpha value is -1.29. The maximum atomic E-state index is 10.6. The van der Waals surface area contributed by atoms with E-state index in [1.165, 1.54) is 6.20 Å². The maximum Gasteiger partial charge on any atom is 0.337 e. The first-order chi connectivity index (χ1) is 6.27. The monoisotopic (exact) mass is 193 g/mol. The fraction of sp³-hybridized carbons (Fsp3) is 0.111. The lowest BCUT2D eigenvalue weighted by Crippen LogP contribution is -2.00. The number of nitrogens with zero attached hydrogens (tertiary/aromatic N) is 1. The molecular formula is C9H7NO2S. The Balaban J connectivity index is 2.48. The van der Waals surface area contributed by atoms with E-state index in [0.29, 0.717) is 0 Å². The maximum absolute atomic E-state index is 10.6. The zero-order chi connectivity index (χ0) is 9.26. The van der Waals surface area contributed by atoms with Gasteiger partial charge in [-0.25, -0.2) is 9.78 Å². The number of pyridine rings is 1. The molecule has 0 atom stereocenters. The fourth-order valence-corrected chi connectivity index (χ4v) is 1.90. The molecule has 1 aliphatic rings. The summed E-state index contributed by atoms with van der Waals surface area (Å²) in [6.45, 7) is 0. The number of fused-ring (bicyclic) bond motifs is 1. The molecule has 0 spiro atoms. The lowest BCUT2D eigenvalue weighted by molar-refractivity contribution is 0.0696. The van der Waals surface area contributed by atoms with Crippen molar-refractivity contribution in [1.82, 2.24) is 4.98 Å². The highest BCUT2D eigenvalue weighted by Gasteiger charge is 2.10. The number of rotatable bonds is 1. The third-order valence-corrected chi connectivity index (χ3v) is 2.71. The topological polar surface area (TPSA) is 50.2 Å². The zero-order valence-electron chi connectivity index (χ0n) is 6.73. The number of carboxylic acid groups (broad SMARTS) is 1. The van der Waals surface area contributed by atoms with E-state index in [0.717, 1.165) is 16.3 Å². The number of aromatic nitrogens is 1. The smallest absolute Gasteiger partial charge is 0.337 e. The van der Waals surface area contributed by atoms with Crippen molar-refractivity contribution in [3.8, 4) is 0 Å². The van der Waals surface area contributed by atoms with Crippen molar-refractivity contribution in [2.75, 3.05) is 5.75 Å². The first-order valence-electron chi connectivity index (χ1n) is 3.80. The molecule has 3 nitrogen and oxygen atoms in total. The second-order valence-electron chi connectivity index (χ2n) is 2.64. The number of hydrogen-bond donors (Lipinski definition) is 1. The summed E-state index contributed by atoms with van der Waals surface area (Å²) in [4.78, 5) is 14.7. The Labute approximate surface area is 79.5 Å². The summed E-state index contributed by atoms with van der Waals surface area (Å²) in [5.41, 5.74) is 1.14. The van der Waals surface area contributed by atoms with Crippen LogP contribution in [-0.2, 0) is 0 Å². The molecule has 0 amide bonds. The predicted octanol–water partition coefficient (Wildman–Crippen LogP) is 1.90. The Morgan fingerprint density at radius 2 is 2.46 bits per heavy atom. The summed E-state index contributed by atoms with van der Waals surface area (Å²) in [6, 6.07) is 1.65. The van der Waals surface area contributed by atoms with E-state index in [-0.39, 0.29) is 5.56 Å². The Morgan fingerprint density at radius 3 is 3.23 bits per heavy atom. The van der Waals surface area contributed by atoms with Gasteiger partial charge in [-0.3, -0.25) is 0 Å². The highest BCUT2D eigenvalue weighted by molar-refractivity contribution is 7.99. The number of aromatic carboxylic acids is 1. The largest absolute Gasteiger partial charge is 0.478 e. The van der Waals surface area contributed by atoms with Gasteiger partial charge in [0.05, 0.1) is 5.56 Å². The minimum atomic E-state index is -0.931. The molecule has 4 heteroatoms. The average Bonchev–Trinajstić information content (AvgIpc) is 2.17. The van der Waals surface area contributed by atoms with Crippen molar-refractivity contribution >= 4 is 23.8 Å². The third-order valence-electron chi connectivity index (χ3n) is 1.74. The lowest BCUT2D eigenvalue weighted by Gasteiger charge is -2.08. The van der Waals surface area contributed by atoms with Gasteiger partial charge in [-0.1, -0.05) is 12.2 Å². The molecule has 66 valence electrons. The van der Waals surface area contributed by atoms with E-state index in [9.17, 15) is 4.79 Å². The zero-order valence-corrected chi connectivity index (χ0v) is 7.54. The fourth-order valence-electron chi connectivity index (χ4n) is 1.13. The molecule has 1 aromatic rings. The predicted molar refractivity (Wildman–Crippen MR) is 51.0 cm³/mol. The van der Waals surface area contributed by atoms with E-state index < -0.39 is 5.97 Å². The van der Waals surface area contributed by atoms with Crippen LogP contribution in [0.5, 0.6) is 0 Å². The average molecular weight is 193 g/mol. The summed E-state index contributed by atoms with van der Waals surface area (Å²) in [7, 11) is 0. The molecule has 2 heterocycles. The van der Waals surface area contributed by atoms with Crippen LogP contribution >= 0.6 is 11.8 Å². The highest BCUT2D eigenvalue weighted by Crippen LogP contribution is 2.26. The normalized spacial score (nSPS) is 13.8. The summed E-state index contributed by atoms with van der Waals surface area (Å²) in [6.07, 6.45) is 5.30. The van der Waals surface area contributed by atoms with Gasteiger partial charge in [-0.2, -0.15) is 0 Å². The molecule has 0 aromatic carbocycles. The van der Waals surface area contributed by atoms with Crippen molar-refractivity contribution in [3.63, 3.8) is 0 Å². The van der Waals surface area contributed by atoms with E-state index >= 15 is 0 Å². The quantitative estimate of drug-likeness (QED) is 0.740. The minimum absolute atomic E-state index is 0.242. The van der Waals surface area contributed by atoms with Crippen LogP contribution in [-0.4, -0.2) is 21.8 Å². The minimum Gasteiger partial charge on any atom is -0.478 e. The van der Waals surface area contributed by atoms with Crippen molar-refractivity contribution in [2.45, 2.75) is 5.03 Å². The van der Waals surface area contributed by atoms with Gasteiger partial charge >= 0.3 is 5.97 Å². The lowest BCUT2D eigenvalue weighted by atomic mass is 10.2. The molecule has 0 fully saturated rings. The van der Waals surface area contributed by atoms with E-state index in [1.54, 1.807) is 17.8 Å². The van der Waals surface area contributed by atoms with Crippen LogP contribution in [0.1, 0.15) is 15.9 Å². The molecular weight excluding hydrogens is 186 g/mol. The molecule has 2 rings (SSSR count). The molecule has 0 bridgehead atoms.